The smallest absolute Gasteiger partial charge is 0.258 e. The average Bonchev–Trinajstić information content (AvgIpc) is 2.72. The molecule has 0 aliphatic rings. The first-order valence-corrected chi connectivity index (χ1v) is 10.6. The Morgan fingerprint density at radius 2 is 1.79 bits per heavy atom. The van der Waals surface area contributed by atoms with Crippen LogP contribution in [0.3, 0.4) is 0 Å². The van der Waals surface area contributed by atoms with Crippen LogP contribution in [0.2, 0.25) is 0 Å². The number of nitrogens with zero attached hydrogens (tertiary/aromatic N) is 1. The van der Waals surface area contributed by atoms with E-state index in [4.69, 9.17) is 4.74 Å². The van der Waals surface area contributed by atoms with Crippen molar-refractivity contribution in [1.29, 1.82) is 0 Å². The minimum atomic E-state index is -0.135. The molecule has 0 saturated heterocycles. The Balaban J connectivity index is 0.00000420. The van der Waals surface area contributed by atoms with Crippen molar-refractivity contribution in [3.8, 4) is 5.75 Å². The first kappa shape index (κ1) is 25.4. The van der Waals surface area contributed by atoms with Crippen molar-refractivity contribution in [2.24, 2.45) is 0 Å². The van der Waals surface area contributed by atoms with Gasteiger partial charge in [-0.05, 0) is 30.8 Å². The van der Waals surface area contributed by atoms with Gasteiger partial charge in [0.1, 0.15) is 5.75 Å². The molecule has 2 aromatic carbocycles. The minimum absolute atomic E-state index is 0. The van der Waals surface area contributed by atoms with Crippen molar-refractivity contribution in [3.05, 3.63) is 64.1 Å². The van der Waals surface area contributed by atoms with Gasteiger partial charge < -0.3 is 32.7 Å². The highest BCUT2D eigenvalue weighted by Crippen LogP contribution is 2.23. The van der Waals surface area contributed by atoms with Gasteiger partial charge in [0, 0.05) is 36.2 Å². The molecule has 2 N–H and O–H groups in total. The van der Waals surface area contributed by atoms with Gasteiger partial charge in [-0.25, -0.2) is 0 Å². The second-order valence-electron chi connectivity index (χ2n) is 6.51. The predicted molar refractivity (Wildman–Crippen MR) is 117 cm³/mol. The molecule has 0 heterocycles. The van der Waals surface area contributed by atoms with E-state index in [1.807, 2.05) is 48.5 Å². The molecule has 5 nitrogen and oxygen atoms in total. The molecular formula is C22H30BrClN3O2-. The van der Waals surface area contributed by atoms with Crippen LogP contribution in [0.4, 0.5) is 0 Å². The zero-order valence-electron chi connectivity index (χ0n) is 17.1. The van der Waals surface area contributed by atoms with Crippen LogP contribution < -0.4 is 27.8 Å². The van der Waals surface area contributed by atoms with Crippen LogP contribution in [0.25, 0.3) is 0 Å². The van der Waals surface area contributed by atoms with E-state index in [0.29, 0.717) is 13.1 Å². The number of benzene rings is 2. The summed E-state index contributed by atoms with van der Waals surface area (Å²) < 4.78 is 6.73. The lowest BCUT2D eigenvalue weighted by atomic mass is 10.2. The summed E-state index contributed by atoms with van der Waals surface area (Å²) in [4.78, 5) is 14.5. The minimum Gasteiger partial charge on any atom is -1.00 e. The van der Waals surface area contributed by atoms with Crippen LogP contribution in [0.1, 0.15) is 25.0 Å². The van der Waals surface area contributed by atoms with Crippen molar-refractivity contribution in [1.82, 2.24) is 15.5 Å². The maximum atomic E-state index is 12.1. The summed E-state index contributed by atoms with van der Waals surface area (Å²) in [5, 5.41) is 6.34. The topological polar surface area (TPSA) is 53.6 Å². The maximum Gasteiger partial charge on any atom is 0.258 e. The number of rotatable bonds is 12. The Morgan fingerprint density at radius 1 is 1.07 bits per heavy atom. The molecule has 0 aliphatic heterocycles. The molecular weight excluding hydrogens is 454 g/mol. The molecule has 0 radical (unpaired) electrons. The molecule has 160 valence electrons. The fraction of sp³-hybridized carbons (Fsp3) is 0.409. The van der Waals surface area contributed by atoms with Crippen LogP contribution in [0.15, 0.2) is 53.0 Å². The van der Waals surface area contributed by atoms with Crippen molar-refractivity contribution in [2.45, 2.75) is 26.9 Å². The summed E-state index contributed by atoms with van der Waals surface area (Å²) in [7, 11) is 0. The van der Waals surface area contributed by atoms with Crippen molar-refractivity contribution in [2.75, 3.05) is 32.8 Å². The largest absolute Gasteiger partial charge is 1.00 e. The molecule has 1 amide bonds. The zero-order valence-corrected chi connectivity index (χ0v) is 19.4. The molecule has 2 aromatic rings. The normalized spacial score (nSPS) is 10.5. The van der Waals surface area contributed by atoms with E-state index in [2.05, 4.69) is 45.3 Å². The summed E-state index contributed by atoms with van der Waals surface area (Å²) in [6, 6.07) is 15.8. The van der Waals surface area contributed by atoms with E-state index in [9.17, 15) is 4.79 Å². The molecule has 0 aliphatic carbocycles. The lowest BCUT2D eigenvalue weighted by Crippen LogP contribution is -3.00. The number of amides is 1. The monoisotopic (exact) mass is 482 g/mol. The summed E-state index contributed by atoms with van der Waals surface area (Å²) in [5.74, 6) is 0.587. The molecule has 7 heteroatoms. The fourth-order valence-electron chi connectivity index (χ4n) is 2.80. The Hall–Kier alpha value is -1.60. The second-order valence-corrected chi connectivity index (χ2v) is 7.42. The highest BCUT2D eigenvalue weighted by Gasteiger charge is 2.08. The second kappa shape index (κ2) is 14.4. The van der Waals surface area contributed by atoms with Gasteiger partial charge in [0.15, 0.2) is 6.61 Å². The van der Waals surface area contributed by atoms with Crippen molar-refractivity contribution in [3.63, 3.8) is 0 Å². The fourth-order valence-corrected chi connectivity index (χ4v) is 3.14. The van der Waals surface area contributed by atoms with E-state index in [1.54, 1.807) is 0 Å². The van der Waals surface area contributed by atoms with Gasteiger partial charge in [-0.2, -0.15) is 0 Å². The van der Waals surface area contributed by atoms with E-state index in [1.165, 1.54) is 0 Å². The van der Waals surface area contributed by atoms with Crippen LogP contribution in [0, 0.1) is 0 Å². The Morgan fingerprint density at radius 3 is 2.48 bits per heavy atom. The molecule has 29 heavy (non-hydrogen) atoms. The Labute approximate surface area is 188 Å². The zero-order chi connectivity index (χ0) is 20.2. The molecule has 0 spiro atoms. The highest BCUT2D eigenvalue weighted by atomic mass is 79.9. The maximum absolute atomic E-state index is 12.1. The number of carbonyl (C=O) groups excluding carboxylic acids is 1. The van der Waals surface area contributed by atoms with Gasteiger partial charge >= 0.3 is 0 Å². The number of ether oxygens (including phenoxy) is 1. The summed E-state index contributed by atoms with van der Waals surface area (Å²) >= 11 is 3.48. The van der Waals surface area contributed by atoms with E-state index in [0.717, 1.165) is 47.5 Å². The summed E-state index contributed by atoms with van der Waals surface area (Å²) in [6.45, 7) is 9.59. The molecule has 0 fully saturated rings. The predicted octanol–water partition coefficient (Wildman–Crippen LogP) is 0.580. The number of likely N-dealkylation sites (N-methyl/N-ethyl adjacent to an activating group) is 1. The summed E-state index contributed by atoms with van der Waals surface area (Å²) in [6.07, 6.45) is 0. The van der Waals surface area contributed by atoms with Gasteiger partial charge in [-0.15, -0.1) is 0 Å². The lowest BCUT2D eigenvalue weighted by Gasteiger charge is -2.18. The molecule has 0 saturated carbocycles. The Kier molecular flexibility index (Phi) is 12.6. The third-order valence-corrected chi connectivity index (χ3v) is 5.03. The van der Waals surface area contributed by atoms with Crippen molar-refractivity contribution >= 4 is 21.8 Å². The van der Waals surface area contributed by atoms with Crippen LogP contribution >= 0.6 is 15.9 Å². The van der Waals surface area contributed by atoms with E-state index >= 15 is 0 Å². The van der Waals surface area contributed by atoms with Gasteiger partial charge in [0.25, 0.3) is 5.91 Å². The SMILES string of the molecule is CCN(CC)CCNCc1ccc(Br)cc1OCC(=O)NCc1ccccc1.[Cl-]. The van der Waals surface area contributed by atoms with E-state index < -0.39 is 0 Å². The van der Waals surface area contributed by atoms with Crippen molar-refractivity contribution < 1.29 is 21.9 Å². The van der Waals surface area contributed by atoms with Gasteiger partial charge in [0.2, 0.25) is 0 Å². The molecule has 2 rings (SSSR count). The number of hydrogen-bond acceptors (Lipinski definition) is 4. The first-order valence-electron chi connectivity index (χ1n) is 9.77. The van der Waals surface area contributed by atoms with Gasteiger partial charge in [-0.1, -0.05) is 66.2 Å². The first-order chi connectivity index (χ1) is 13.6. The molecule has 0 aromatic heterocycles. The highest BCUT2D eigenvalue weighted by molar-refractivity contribution is 9.10. The molecule has 0 bridgehead atoms. The van der Waals surface area contributed by atoms with Gasteiger partial charge in [0.05, 0.1) is 0 Å². The van der Waals surface area contributed by atoms with Crippen LogP contribution in [-0.4, -0.2) is 43.6 Å². The summed E-state index contributed by atoms with van der Waals surface area (Å²) in [5.41, 5.74) is 2.11. The third kappa shape index (κ3) is 9.63. The van der Waals surface area contributed by atoms with Crippen LogP contribution in [-0.2, 0) is 17.9 Å². The molecule has 0 atom stereocenters. The number of carbonyl (C=O) groups is 1. The van der Waals surface area contributed by atoms with Crippen LogP contribution in [0.5, 0.6) is 5.75 Å². The number of nitrogens with one attached hydrogen (secondary N) is 2. The van der Waals surface area contributed by atoms with E-state index in [-0.39, 0.29) is 24.9 Å². The van der Waals surface area contributed by atoms with Gasteiger partial charge in [-0.3, -0.25) is 4.79 Å². The Bertz CT molecular complexity index is 727. The number of halogens is 2. The molecule has 0 unspecified atom stereocenters. The standard InChI is InChI=1S/C22H30BrN3O2.ClH/c1-3-26(4-2)13-12-24-16-19-10-11-20(23)14-21(19)28-17-22(27)25-15-18-8-6-5-7-9-18;/h5-11,14,24H,3-4,12-13,15-17H2,1-2H3,(H,25,27);1H/p-1. The average molecular weight is 484 g/mol. The number of hydrogen-bond donors (Lipinski definition) is 2. The quantitative estimate of drug-likeness (QED) is 0.434. The third-order valence-electron chi connectivity index (χ3n) is 4.54. The lowest BCUT2D eigenvalue weighted by molar-refractivity contribution is -0.123.